The van der Waals surface area contributed by atoms with Crippen LogP contribution in [0.2, 0.25) is 0 Å². The molecule has 1 aromatic heterocycles. The van der Waals surface area contributed by atoms with Crippen molar-refractivity contribution in [1.82, 2.24) is 15.1 Å². The average Bonchev–Trinajstić information content (AvgIpc) is 3.58. The minimum absolute atomic E-state index is 0.0965. The molecule has 31 heavy (non-hydrogen) atoms. The molecule has 6 heteroatoms. The van der Waals surface area contributed by atoms with Gasteiger partial charge in [0.25, 0.3) is 11.8 Å². The second-order valence-corrected chi connectivity index (χ2v) is 8.36. The fraction of sp³-hybridized carbons (Fsp3) is 0.320. The van der Waals surface area contributed by atoms with Crippen LogP contribution >= 0.6 is 0 Å². The molecule has 3 aromatic rings. The van der Waals surface area contributed by atoms with Crippen LogP contribution in [0.4, 0.5) is 5.69 Å². The van der Waals surface area contributed by atoms with Crippen LogP contribution in [0.5, 0.6) is 0 Å². The average molecular weight is 415 g/mol. The molecule has 2 amide bonds. The summed E-state index contributed by atoms with van der Waals surface area (Å²) in [4.78, 5) is 25.6. The van der Waals surface area contributed by atoms with E-state index in [1.807, 2.05) is 35.0 Å². The minimum atomic E-state index is -0.229. The summed E-state index contributed by atoms with van der Waals surface area (Å²) in [6.07, 6.45) is 7.17. The van der Waals surface area contributed by atoms with E-state index in [1.54, 1.807) is 24.3 Å². The molecule has 158 valence electrons. The number of aromatic nitrogens is 2. The molecule has 0 radical (unpaired) electrons. The van der Waals surface area contributed by atoms with E-state index in [1.165, 1.54) is 0 Å². The summed E-state index contributed by atoms with van der Waals surface area (Å²) >= 11 is 0. The van der Waals surface area contributed by atoms with E-state index in [9.17, 15) is 9.59 Å². The van der Waals surface area contributed by atoms with Gasteiger partial charge in [-0.2, -0.15) is 5.10 Å². The molecule has 0 aliphatic heterocycles. The number of hydrogen-bond donors (Lipinski definition) is 2. The molecule has 2 aliphatic rings. The lowest BCUT2D eigenvalue weighted by Gasteiger charge is -2.08. The minimum Gasteiger partial charge on any atom is -0.349 e. The molecule has 2 N–H and O–H groups in total. The van der Waals surface area contributed by atoms with Crippen LogP contribution in [0, 0.1) is 0 Å². The molecule has 1 fully saturated rings. The zero-order chi connectivity index (χ0) is 21.2. The van der Waals surface area contributed by atoms with Gasteiger partial charge >= 0.3 is 0 Å². The normalized spacial score (nSPS) is 15.6. The number of rotatable bonds is 5. The third-order valence-corrected chi connectivity index (χ3v) is 5.94. The van der Waals surface area contributed by atoms with Crippen LogP contribution < -0.4 is 10.6 Å². The van der Waals surface area contributed by atoms with Crippen LogP contribution in [-0.4, -0.2) is 27.6 Å². The fourth-order valence-corrected chi connectivity index (χ4v) is 4.17. The molecule has 0 saturated heterocycles. The highest BCUT2D eigenvalue weighted by Crippen LogP contribution is 2.27. The van der Waals surface area contributed by atoms with E-state index in [0.29, 0.717) is 23.0 Å². The summed E-state index contributed by atoms with van der Waals surface area (Å²) in [5, 5.41) is 10.7. The molecule has 0 unspecified atom stereocenters. The Morgan fingerprint density at radius 2 is 1.71 bits per heavy atom. The standard InChI is InChI=1S/C25H26N4O2/c30-24(26-18-14-15-18)17-8-7-9-19(16-17)27-25(31)23-21-12-5-2-6-13-22(21)29(28-23)20-10-3-1-4-11-20/h1,3-4,7-11,16,18H,2,5-6,12-15H2,(H,26,30)(H,27,31). The van der Waals surface area contributed by atoms with E-state index < -0.39 is 0 Å². The number of nitrogens with zero attached hydrogens (tertiary/aromatic N) is 2. The zero-order valence-electron chi connectivity index (χ0n) is 17.4. The van der Waals surface area contributed by atoms with Crippen molar-refractivity contribution in [3.05, 3.63) is 77.1 Å². The van der Waals surface area contributed by atoms with Gasteiger partial charge in [-0.1, -0.05) is 30.7 Å². The fourth-order valence-electron chi connectivity index (χ4n) is 4.17. The topological polar surface area (TPSA) is 76.0 Å². The van der Waals surface area contributed by atoms with E-state index in [-0.39, 0.29) is 11.8 Å². The molecule has 0 bridgehead atoms. The Bertz CT molecular complexity index is 1120. The smallest absolute Gasteiger partial charge is 0.276 e. The lowest BCUT2D eigenvalue weighted by molar-refractivity contribution is 0.0949. The second kappa shape index (κ2) is 8.38. The van der Waals surface area contributed by atoms with E-state index >= 15 is 0 Å². The lowest BCUT2D eigenvalue weighted by Crippen LogP contribution is -2.25. The van der Waals surface area contributed by atoms with Crippen LogP contribution in [0.1, 0.15) is 64.2 Å². The summed E-state index contributed by atoms with van der Waals surface area (Å²) in [6, 6.07) is 17.4. The Hall–Kier alpha value is -3.41. The molecule has 5 rings (SSSR count). The lowest BCUT2D eigenvalue weighted by atomic mass is 10.1. The van der Waals surface area contributed by atoms with Gasteiger partial charge in [0, 0.05) is 28.6 Å². The number of para-hydroxylation sites is 1. The summed E-state index contributed by atoms with van der Waals surface area (Å²) < 4.78 is 1.93. The van der Waals surface area contributed by atoms with Crippen molar-refractivity contribution in [2.24, 2.45) is 0 Å². The Balaban J connectivity index is 1.43. The molecule has 0 spiro atoms. The third kappa shape index (κ3) is 4.24. The molecule has 2 aliphatic carbocycles. The number of carbonyl (C=O) groups excluding carboxylic acids is 2. The Labute approximate surface area is 181 Å². The van der Waals surface area contributed by atoms with Gasteiger partial charge in [0.15, 0.2) is 5.69 Å². The van der Waals surface area contributed by atoms with E-state index in [4.69, 9.17) is 5.10 Å². The number of nitrogens with one attached hydrogen (secondary N) is 2. The maximum atomic E-state index is 13.2. The summed E-state index contributed by atoms with van der Waals surface area (Å²) in [5.41, 5.74) is 4.78. The maximum absolute atomic E-state index is 13.2. The van der Waals surface area contributed by atoms with Crippen molar-refractivity contribution >= 4 is 17.5 Å². The summed E-state index contributed by atoms with van der Waals surface area (Å²) in [5.74, 6) is -0.326. The molecular weight excluding hydrogens is 388 g/mol. The van der Waals surface area contributed by atoms with Crippen molar-refractivity contribution < 1.29 is 9.59 Å². The number of amides is 2. The molecule has 1 heterocycles. The number of benzene rings is 2. The number of fused-ring (bicyclic) bond motifs is 1. The van der Waals surface area contributed by atoms with Crippen molar-refractivity contribution in [2.45, 2.75) is 51.0 Å². The Kier molecular flexibility index (Phi) is 5.28. The van der Waals surface area contributed by atoms with Crippen LogP contribution in [0.15, 0.2) is 54.6 Å². The van der Waals surface area contributed by atoms with Gasteiger partial charge in [0.2, 0.25) is 0 Å². The van der Waals surface area contributed by atoms with Crippen molar-refractivity contribution in [3.8, 4) is 5.69 Å². The zero-order valence-corrected chi connectivity index (χ0v) is 17.4. The molecule has 2 aromatic carbocycles. The second-order valence-electron chi connectivity index (χ2n) is 8.36. The molecule has 0 atom stereocenters. The Morgan fingerprint density at radius 1 is 0.903 bits per heavy atom. The molecule has 6 nitrogen and oxygen atoms in total. The first-order chi connectivity index (χ1) is 15.2. The van der Waals surface area contributed by atoms with Gasteiger partial charge in [0.1, 0.15) is 0 Å². The first-order valence-electron chi connectivity index (χ1n) is 11.1. The summed E-state index contributed by atoms with van der Waals surface area (Å²) in [6.45, 7) is 0. The van der Waals surface area contributed by atoms with Gasteiger partial charge in [0.05, 0.1) is 5.69 Å². The largest absolute Gasteiger partial charge is 0.349 e. The van der Waals surface area contributed by atoms with Gasteiger partial charge in [-0.15, -0.1) is 0 Å². The Morgan fingerprint density at radius 3 is 2.52 bits per heavy atom. The number of anilines is 1. The van der Waals surface area contributed by atoms with Gasteiger partial charge in [-0.05, 0) is 68.9 Å². The van der Waals surface area contributed by atoms with Crippen molar-refractivity contribution in [1.29, 1.82) is 0 Å². The predicted molar refractivity (Wildman–Crippen MR) is 120 cm³/mol. The van der Waals surface area contributed by atoms with Crippen molar-refractivity contribution in [3.63, 3.8) is 0 Å². The summed E-state index contributed by atoms with van der Waals surface area (Å²) in [7, 11) is 0. The van der Waals surface area contributed by atoms with Crippen LogP contribution in [0.3, 0.4) is 0 Å². The van der Waals surface area contributed by atoms with Crippen LogP contribution in [0.25, 0.3) is 5.69 Å². The first-order valence-corrected chi connectivity index (χ1v) is 11.1. The quantitative estimate of drug-likeness (QED) is 0.612. The first kappa shape index (κ1) is 19.5. The SMILES string of the molecule is O=C(NC1CC1)c1cccc(NC(=O)c2nn(-c3ccccc3)c3c2CCCCC3)c1. The van der Waals surface area contributed by atoms with Gasteiger partial charge < -0.3 is 10.6 Å². The van der Waals surface area contributed by atoms with Gasteiger partial charge in [-0.25, -0.2) is 4.68 Å². The van der Waals surface area contributed by atoms with E-state index in [0.717, 1.165) is 61.9 Å². The highest BCUT2D eigenvalue weighted by atomic mass is 16.2. The highest BCUT2D eigenvalue weighted by molar-refractivity contribution is 6.05. The highest BCUT2D eigenvalue weighted by Gasteiger charge is 2.26. The molecular formula is C25H26N4O2. The number of carbonyl (C=O) groups is 2. The maximum Gasteiger partial charge on any atom is 0.276 e. The molecule has 1 saturated carbocycles. The monoisotopic (exact) mass is 414 g/mol. The van der Waals surface area contributed by atoms with Crippen molar-refractivity contribution in [2.75, 3.05) is 5.32 Å². The number of hydrogen-bond acceptors (Lipinski definition) is 3. The van der Waals surface area contributed by atoms with E-state index in [2.05, 4.69) is 10.6 Å². The third-order valence-electron chi connectivity index (χ3n) is 5.94. The van der Waals surface area contributed by atoms with Crippen LogP contribution in [-0.2, 0) is 12.8 Å². The predicted octanol–water partition coefficient (Wildman–Crippen LogP) is 4.29. The van der Waals surface area contributed by atoms with Gasteiger partial charge in [-0.3, -0.25) is 9.59 Å².